The third-order valence-corrected chi connectivity index (χ3v) is 4.81. The van der Waals surface area contributed by atoms with E-state index in [1.54, 1.807) is 12.1 Å². The van der Waals surface area contributed by atoms with Crippen molar-refractivity contribution in [3.63, 3.8) is 0 Å². The maximum atomic E-state index is 12.9. The monoisotopic (exact) mass is 374 g/mol. The van der Waals surface area contributed by atoms with E-state index in [9.17, 15) is 4.39 Å². The number of hydrogen-bond acceptors (Lipinski definition) is 2. The molecule has 3 aromatic carbocycles. The molecule has 3 rings (SSSR count). The maximum absolute atomic E-state index is 12.9. The predicted molar refractivity (Wildman–Crippen MR) is 119 cm³/mol. The highest BCUT2D eigenvalue weighted by molar-refractivity contribution is 5.70. The van der Waals surface area contributed by atoms with Crippen LogP contribution in [0.25, 0.3) is 12.2 Å². The minimum atomic E-state index is -0.213. The van der Waals surface area contributed by atoms with Crippen LogP contribution in [0.15, 0.2) is 72.8 Å². The average Bonchev–Trinajstić information content (AvgIpc) is 2.74. The Bertz CT molecular complexity index is 877. The summed E-state index contributed by atoms with van der Waals surface area (Å²) in [4.78, 5) is 2.34. The largest absolute Gasteiger partial charge is 0.381 e. The Morgan fingerprint density at radius 2 is 1.29 bits per heavy atom. The minimum Gasteiger partial charge on any atom is -0.381 e. The highest BCUT2D eigenvalue weighted by Crippen LogP contribution is 2.17. The van der Waals surface area contributed by atoms with Crippen molar-refractivity contribution < 1.29 is 4.39 Å². The van der Waals surface area contributed by atoms with Gasteiger partial charge in [-0.25, -0.2) is 4.39 Å². The van der Waals surface area contributed by atoms with Gasteiger partial charge >= 0.3 is 0 Å². The molecule has 2 nitrogen and oxygen atoms in total. The van der Waals surface area contributed by atoms with Crippen molar-refractivity contribution in [2.75, 3.05) is 23.3 Å². The van der Waals surface area contributed by atoms with Gasteiger partial charge in [0.2, 0.25) is 0 Å². The summed E-state index contributed by atoms with van der Waals surface area (Å²) in [7, 11) is 0. The predicted octanol–water partition coefficient (Wildman–Crippen LogP) is 6.45. The van der Waals surface area contributed by atoms with Gasteiger partial charge in [-0.15, -0.1) is 0 Å². The van der Waals surface area contributed by atoms with E-state index in [0.29, 0.717) is 0 Å². The lowest BCUT2D eigenvalue weighted by Gasteiger charge is -2.21. The van der Waals surface area contributed by atoms with E-state index in [1.165, 1.54) is 23.4 Å². The average molecular weight is 375 g/mol. The van der Waals surface area contributed by atoms with Gasteiger partial charge in [0.1, 0.15) is 5.82 Å². The summed E-state index contributed by atoms with van der Waals surface area (Å²) >= 11 is 0. The van der Waals surface area contributed by atoms with E-state index in [-0.39, 0.29) is 5.82 Å². The van der Waals surface area contributed by atoms with Crippen LogP contribution in [-0.4, -0.2) is 13.1 Å². The molecule has 0 spiro atoms. The zero-order chi connectivity index (χ0) is 19.8. The van der Waals surface area contributed by atoms with Crippen LogP contribution in [0, 0.1) is 5.82 Å². The number of rotatable bonds is 8. The molecule has 0 bridgehead atoms. The number of hydrogen-bond donors (Lipinski definition) is 1. The number of anilines is 2. The van der Waals surface area contributed by atoms with E-state index >= 15 is 0 Å². The molecule has 0 unspecified atom stereocenters. The molecule has 144 valence electrons. The Morgan fingerprint density at radius 3 is 1.82 bits per heavy atom. The molecule has 0 aliphatic heterocycles. The van der Waals surface area contributed by atoms with Crippen LogP contribution in [-0.2, 0) is 6.54 Å². The number of nitrogens with one attached hydrogen (secondary N) is 1. The van der Waals surface area contributed by atoms with Gasteiger partial charge < -0.3 is 10.2 Å². The second-order valence-electron chi connectivity index (χ2n) is 6.70. The maximum Gasteiger partial charge on any atom is 0.123 e. The molecule has 0 amide bonds. The summed E-state index contributed by atoms with van der Waals surface area (Å²) in [6, 6.07) is 23.5. The molecule has 0 aromatic heterocycles. The van der Waals surface area contributed by atoms with E-state index in [0.717, 1.165) is 36.4 Å². The van der Waals surface area contributed by atoms with Crippen LogP contribution in [0.4, 0.5) is 15.8 Å². The third-order valence-electron chi connectivity index (χ3n) is 4.81. The van der Waals surface area contributed by atoms with E-state index in [2.05, 4.69) is 72.6 Å². The zero-order valence-corrected chi connectivity index (χ0v) is 16.5. The molecule has 0 aliphatic carbocycles. The summed E-state index contributed by atoms with van der Waals surface area (Å²) in [6.07, 6.45) is 4.02. The van der Waals surface area contributed by atoms with Crippen LogP contribution < -0.4 is 10.2 Å². The van der Waals surface area contributed by atoms with Gasteiger partial charge in [0.25, 0.3) is 0 Å². The van der Waals surface area contributed by atoms with Crippen molar-refractivity contribution >= 4 is 23.5 Å². The number of nitrogens with zero attached hydrogens (tertiary/aromatic N) is 1. The summed E-state index contributed by atoms with van der Waals surface area (Å²) < 4.78 is 12.9. The molecule has 0 aliphatic rings. The SMILES string of the molecule is CCN(CC)c1ccc(CNc2ccc(/C=C/c3ccc(F)cc3)cc2)cc1. The highest BCUT2D eigenvalue weighted by Gasteiger charge is 2.01. The lowest BCUT2D eigenvalue weighted by atomic mass is 10.1. The van der Waals surface area contributed by atoms with E-state index in [1.807, 2.05) is 12.2 Å². The first-order valence-corrected chi connectivity index (χ1v) is 9.79. The lowest BCUT2D eigenvalue weighted by Crippen LogP contribution is -2.21. The summed E-state index contributed by atoms with van der Waals surface area (Å²) in [5, 5.41) is 3.47. The van der Waals surface area contributed by atoms with Crippen molar-refractivity contribution in [2.45, 2.75) is 20.4 Å². The van der Waals surface area contributed by atoms with Gasteiger partial charge in [0.05, 0.1) is 0 Å². The first kappa shape index (κ1) is 19.7. The van der Waals surface area contributed by atoms with Crippen molar-refractivity contribution in [3.8, 4) is 0 Å². The first-order chi connectivity index (χ1) is 13.7. The van der Waals surface area contributed by atoms with E-state index < -0.39 is 0 Å². The van der Waals surface area contributed by atoms with Crippen molar-refractivity contribution in [1.29, 1.82) is 0 Å². The normalized spacial score (nSPS) is 11.0. The highest BCUT2D eigenvalue weighted by atomic mass is 19.1. The fraction of sp³-hybridized carbons (Fsp3) is 0.200. The van der Waals surface area contributed by atoms with Crippen molar-refractivity contribution in [2.24, 2.45) is 0 Å². The molecular formula is C25H27FN2. The summed E-state index contributed by atoms with van der Waals surface area (Å²) in [5.41, 5.74) is 5.71. The van der Waals surface area contributed by atoms with Gasteiger partial charge in [-0.05, 0) is 66.9 Å². The molecule has 1 N–H and O–H groups in total. The van der Waals surface area contributed by atoms with Crippen LogP contribution in [0.2, 0.25) is 0 Å². The Balaban J connectivity index is 1.55. The molecule has 0 atom stereocenters. The van der Waals surface area contributed by atoms with Crippen LogP contribution in [0.5, 0.6) is 0 Å². The molecule has 3 heteroatoms. The van der Waals surface area contributed by atoms with Gasteiger partial charge in [0, 0.05) is 31.0 Å². The zero-order valence-electron chi connectivity index (χ0n) is 16.5. The fourth-order valence-electron chi connectivity index (χ4n) is 3.10. The molecule has 0 saturated carbocycles. The third kappa shape index (κ3) is 5.46. The molecule has 0 radical (unpaired) electrons. The Labute approximate surface area is 167 Å². The van der Waals surface area contributed by atoms with Crippen molar-refractivity contribution in [3.05, 3.63) is 95.3 Å². The fourth-order valence-corrected chi connectivity index (χ4v) is 3.10. The van der Waals surface area contributed by atoms with Crippen molar-refractivity contribution in [1.82, 2.24) is 0 Å². The second-order valence-corrected chi connectivity index (χ2v) is 6.70. The minimum absolute atomic E-state index is 0.213. The molecule has 0 heterocycles. The smallest absolute Gasteiger partial charge is 0.123 e. The standard InChI is InChI=1S/C25H27FN2/c1-3-28(4-2)25-17-11-22(12-18-25)19-27-24-15-9-21(10-16-24)6-5-20-7-13-23(26)14-8-20/h5-18,27H,3-4,19H2,1-2H3/b6-5+. The first-order valence-electron chi connectivity index (χ1n) is 9.79. The lowest BCUT2D eigenvalue weighted by molar-refractivity contribution is 0.628. The molecule has 0 saturated heterocycles. The summed E-state index contributed by atoms with van der Waals surface area (Å²) in [5.74, 6) is -0.213. The molecule has 3 aromatic rings. The topological polar surface area (TPSA) is 15.3 Å². The second kappa shape index (κ2) is 9.75. The van der Waals surface area contributed by atoms with Gasteiger partial charge in [-0.1, -0.05) is 48.6 Å². The Kier molecular flexibility index (Phi) is 6.85. The van der Waals surface area contributed by atoms with Crippen LogP contribution in [0.1, 0.15) is 30.5 Å². The van der Waals surface area contributed by atoms with Gasteiger partial charge in [0.15, 0.2) is 0 Å². The number of benzene rings is 3. The molecule has 0 fully saturated rings. The van der Waals surface area contributed by atoms with Gasteiger partial charge in [-0.3, -0.25) is 0 Å². The molecule has 28 heavy (non-hydrogen) atoms. The molecular weight excluding hydrogens is 347 g/mol. The van der Waals surface area contributed by atoms with Gasteiger partial charge in [-0.2, -0.15) is 0 Å². The van der Waals surface area contributed by atoms with Crippen LogP contribution in [0.3, 0.4) is 0 Å². The quantitative estimate of drug-likeness (QED) is 0.456. The Morgan fingerprint density at radius 1 is 0.750 bits per heavy atom. The number of halogens is 1. The summed E-state index contributed by atoms with van der Waals surface area (Å²) in [6.45, 7) is 7.20. The Hall–Kier alpha value is -3.07. The van der Waals surface area contributed by atoms with E-state index in [4.69, 9.17) is 0 Å². The van der Waals surface area contributed by atoms with Crippen LogP contribution >= 0.6 is 0 Å².